The average molecular weight is 182 g/mol. The van der Waals surface area contributed by atoms with E-state index in [4.69, 9.17) is 0 Å². The van der Waals surface area contributed by atoms with Gasteiger partial charge in [0.25, 0.3) is 0 Å². The molecule has 0 N–H and O–H groups in total. The summed E-state index contributed by atoms with van der Waals surface area (Å²) in [5, 5.41) is 0. The number of hydrogen-bond donors (Lipinski definition) is 0. The fourth-order valence-corrected chi connectivity index (χ4v) is 0. The van der Waals surface area contributed by atoms with Gasteiger partial charge in [0.2, 0.25) is 0 Å². The average Bonchev–Trinajstić information content (AvgIpc) is 0.918. The van der Waals surface area contributed by atoms with Crippen LogP contribution >= 0.6 is 9.24 Å². The first-order valence-electron chi connectivity index (χ1n) is 1.12. The van der Waals surface area contributed by atoms with Crippen LogP contribution in [-0.2, 0) is 36.5 Å². The molecule has 1 unspecified atom stereocenters. The standard InChI is InChI=1S/C2H7P.Mn.Zn/c1-2-3;;/h2-3H2,1H3;;. The van der Waals surface area contributed by atoms with Crippen LogP contribution in [0.4, 0.5) is 0 Å². The van der Waals surface area contributed by atoms with E-state index >= 15 is 0 Å². The summed E-state index contributed by atoms with van der Waals surface area (Å²) in [6.45, 7) is 2.09. The van der Waals surface area contributed by atoms with E-state index in [1.165, 1.54) is 6.16 Å². The van der Waals surface area contributed by atoms with Gasteiger partial charge in [0.05, 0.1) is 0 Å². The molecule has 0 heterocycles. The van der Waals surface area contributed by atoms with Gasteiger partial charge in [-0.15, -0.1) is 9.24 Å². The molecule has 3 heteroatoms. The zero-order valence-corrected chi connectivity index (χ0v) is 8.67. The first-order valence-corrected chi connectivity index (χ1v) is 1.93. The maximum atomic E-state index is 2.58. The molecule has 0 aliphatic rings. The van der Waals surface area contributed by atoms with Crippen LogP contribution in [0, 0.1) is 0 Å². The third-order valence-electron chi connectivity index (χ3n) is 0. The molecule has 0 nitrogen and oxygen atoms in total. The van der Waals surface area contributed by atoms with Gasteiger partial charge in [0.1, 0.15) is 0 Å². The van der Waals surface area contributed by atoms with E-state index in [-0.39, 0.29) is 36.5 Å². The molecule has 0 fully saturated rings. The third kappa shape index (κ3) is 28.8. The Kier molecular flexibility index (Phi) is 56.3. The third-order valence-corrected chi connectivity index (χ3v) is 0. The van der Waals surface area contributed by atoms with E-state index < -0.39 is 0 Å². The van der Waals surface area contributed by atoms with Crippen LogP contribution in [0.25, 0.3) is 0 Å². The van der Waals surface area contributed by atoms with Crippen molar-refractivity contribution in [3.8, 4) is 0 Å². The molecule has 0 aromatic heterocycles. The predicted molar refractivity (Wildman–Crippen MR) is 20.3 cm³/mol. The maximum Gasteiger partial charge on any atom is 0 e. The van der Waals surface area contributed by atoms with E-state index in [1.807, 2.05) is 0 Å². The summed E-state index contributed by atoms with van der Waals surface area (Å²) in [4.78, 5) is 0. The van der Waals surface area contributed by atoms with Crippen molar-refractivity contribution in [2.45, 2.75) is 6.92 Å². The van der Waals surface area contributed by atoms with Crippen molar-refractivity contribution < 1.29 is 36.5 Å². The van der Waals surface area contributed by atoms with E-state index in [1.54, 1.807) is 0 Å². The monoisotopic (exact) mass is 181 g/mol. The van der Waals surface area contributed by atoms with Crippen molar-refractivity contribution >= 4 is 9.24 Å². The second-order valence-electron chi connectivity index (χ2n) is 0.408. The molecule has 0 amide bonds. The Balaban J connectivity index is -0.0000000200. The van der Waals surface area contributed by atoms with Gasteiger partial charge in [0.15, 0.2) is 0 Å². The summed E-state index contributed by atoms with van der Waals surface area (Å²) in [6.07, 6.45) is 1.17. The summed E-state index contributed by atoms with van der Waals surface area (Å²) in [5.74, 6) is 0. The molecule has 0 aliphatic carbocycles. The Morgan fingerprint density at radius 2 is 1.60 bits per heavy atom. The molecular weight excluding hydrogens is 175 g/mol. The van der Waals surface area contributed by atoms with Gasteiger partial charge in [-0.05, 0) is 6.16 Å². The van der Waals surface area contributed by atoms with Crippen molar-refractivity contribution in [1.29, 1.82) is 0 Å². The van der Waals surface area contributed by atoms with Gasteiger partial charge in [-0.2, -0.15) is 0 Å². The second kappa shape index (κ2) is 17.6. The van der Waals surface area contributed by atoms with Crippen molar-refractivity contribution in [2.75, 3.05) is 6.16 Å². The minimum Gasteiger partial charge on any atom is -0.138 e. The van der Waals surface area contributed by atoms with Gasteiger partial charge >= 0.3 is 0 Å². The van der Waals surface area contributed by atoms with Crippen molar-refractivity contribution in [3.05, 3.63) is 0 Å². The molecule has 1 radical (unpaired) electrons. The molecule has 29 valence electrons. The summed E-state index contributed by atoms with van der Waals surface area (Å²) in [7, 11) is 2.58. The fraction of sp³-hybridized carbons (Fsp3) is 1.00. The van der Waals surface area contributed by atoms with E-state index in [0.717, 1.165) is 0 Å². The SMILES string of the molecule is CCP.[Mn].[Zn]. The summed E-state index contributed by atoms with van der Waals surface area (Å²) in [5.41, 5.74) is 0. The minimum absolute atomic E-state index is 0. The first kappa shape index (κ1) is 16.0. The first-order chi connectivity index (χ1) is 1.41. The summed E-state index contributed by atoms with van der Waals surface area (Å²) >= 11 is 0. The van der Waals surface area contributed by atoms with E-state index in [2.05, 4.69) is 16.2 Å². The zero-order valence-electron chi connectivity index (χ0n) is 3.37. The van der Waals surface area contributed by atoms with Crippen LogP contribution < -0.4 is 0 Å². The quantitative estimate of drug-likeness (QED) is 0.385. The number of rotatable bonds is 0. The van der Waals surface area contributed by atoms with E-state index in [0.29, 0.717) is 0 Å². The Hall–Kier alpha value is 1.57. The zero-order chi connectivity index (χ0) is 2.71. The summed E-state index contributed by atoms with van der Waals surface area (Å²) in [6, 6.07) is 0. The van der Waals surface area contributed by atoms with Crippen LogP contribution in [-0.4, -0.2) is 6.16 Å². The molecule has 5 heavy (non-hydrogen) atoms. The van der Waals surface area contributed by atoms with Crippen molar-refractivity contribution in [2.24, 2.45) is 0 Å². The van der Waals surface area contributed by atoms with Crippen LogP contribution in [0.2, 0.25) is 0 Å². The molecular formula is C2H7MnPZn. The fourth-order valence-electron chi connectivity index (χ4n) is 0. The molecule has 0 aliphatic heterocycles. The molecule has 0 spiro atoms. The Morgan fingerprint density at radius 1 is 1.60 bits per heavy atom. The molecule has 0 aromatic carbocycles. The normalized spacial score (nSPS) is 3.60. The van der Waals surface area contributed by atoms with Gasteiger partial charge in [0, 0.05) is 36.5 Å². The predicted octanol–water partition coefficient (Wildman–Crippen LogP) is 0.876. The van der Waals surface area contributed by atoms with Gasteiger partial charge in [-0.3, -0.25) is 0 Å². The molecule has 0 aromatic rings. The van der Waals surface area contributed by atoms with Crippen LogP contribution in [0.1, 0.15) is 6.92 Å². The van der Waals surface area contributed by atoms with Crippen LogP contribution in [0.3, 0.4) is 0 Å². The molecule has 0 rings (SSSR count). The van der Waals surface area contributed by atoms with Gasteiger partial charge in [-0.25, -0.2) is 0 Å². The Bertz CT molecular complexity index is 9.61. The molecule has 0 saturated carbocycles. The maximum absolute atomic E-state index is 2.58. The van der Waals surface area contributed by atoms with Crippen molar-refractivity contribution in [3.63, 3.8) is 0 Å². The van der Waals surface area contributed by atoms with Crippen LogP contribution in [0.5, 0.6) is 0 Å². The van der Waals surface area contributed by atoms with Crippen molar-refractivity contribution in [1.82, 2.24) is 0 Å². The Morgan fingerprint density at radius 3 is 1.60 bits per heavy atom. The molecule has 0 saturated heterocycles. The van der Waals surface area contributed by atoms with Gasteiger partial charge < -0.3 is 0 Å². The second-order valence-corrected chi connectivity index (χ2v) is 1.22. The van der Waals surface area contributed by atoms with Gasteiger partial charge in [-0.1, -0.05) is 6.92 Å². The number of hydrogen-bond acceptors (Lipinski definition) is 0. The van der Waals surface area contributed by atoms with Crippen LogP contribution in [0.15, 0.2) is 0 Å². The van der Waals surface area contributed by atoms with E-state index in [9.17, 15) is 0 Å². The molecule has 0 bridgehead atoms. The topological polar surface area (TPSA) is 0 Å². The smallest absolute Gasteiger partial charge is 0 e. The largest absolute Gasteiger partial charge is 0.138 e. The minimum atomic E-state index is 0. The summed E-state index contributed by atoms with van der Waals surface area (Å²) < 4.78 is 0. The molecule has 1 atom stereocenters. The Labute approximate surface area is 58.9 Å².